The highest BCUT2D eigenvalue weighted by Gasteiger charge is 2.33. The molecular formula is C11H19N3O. The molecule has 4 nitrogen and oxygen atoms in total. The van der Waals surface area contributed by atoms with E-state index in [2.05, 4.69) is 6.92 Å². The number of rotatable bonds is 3. The molecule has 1 amide bonds. The standard InChI is InChI=1S/C11H19N3O/c1-4-11(2,3)14-6-5-9(13)8(7-12)10(14)15/h7,12H,4-6,13H2,1-3H3. The molecule has 0 aliphatic carbocycles. The fraction of sp³-hybridized carbons (Fsp3) is 0.636. The van der Waals surface area contributed by atoms with Gasteiger partial charge in [0.1, 0.15) is 0 Å². The highest BCUT2D eigenvalue weighted by atomic mass is 16.2. The van der Waals surface area contributed by atoms with Crippen molar-refractivity contribution in [3.05, 3.63) is 11.3 Å². The third kappa shape index (κ3) is 2.03. The molecule has 0 aromatic carbocycles. The summed E-state index contributed by atoms with van der Waals surface area (Å²) < 4.78 is 0. The highest BCUT2D eigenvalue weighted by Crippen LogP contribution is 2.25. The lowest BCUT2D eigenvalue weighted by Gasteiger charge is -2.40. The quantitative estimate of drug-likeness (QED) is 0.687. The molecule has 0 saturated carbocycles. The summed E-state index contributed by atoms with van der Waals surface area (Å²) in [5.41, 5.74) is 6.44. The van der Waals surface area contributed by atoms with Crippen LogP contribution in [-0.2, 0) is 4.79 Å². The molecule has 0 fully saturated rings. The van der Waals surface area contributed by atoms with Gasteiger partial charge in [0.05, 0.1) is 5.57 Å². The second kappa shape index (κ2) is 4.04. The van der Waals surface area contributed by atoms with Crippen molar-refractivity contribution in [1.29, 1.82) is 5.41 Å². The maximum atomic E-state index is 12.0. The van der Waals surface area contributed by atoms with Gasteiger partial charge in [-0.1, -0.05) is 6.92 Å². The Hall–Kier alpha value is -1.32. The first-order chi connectivity index (χ1) is 6.94. The summed E-state index contributed by atoms with van der Waals surface area (Å²) in [6, 6.07) is 0. The smallest absolute Gasteiger partial charge is 0.257 e. The lowest BCUT2D eigenvalue weighted by atomic mass is 9.94. The zero-order valence-electron chi connectivity index (χ0n) is 9.63. The van der Waals surface area contributed by atoms with Crippen LogP contribution in [0, 0.1) is 5.41 Å². The lowest BCUT2D eigenvalue weighted by molar-refractivity contribution is -0.132. The van der Waals surface area contributed by atoms with E-state index in [1.54, 1.807) is 0 Å². The van der Waals surface area contributed by atoms with Gasteiger partial charge >= 0.3 is 0 Å². The molecule has 1 aliphatic rings. The Kier molecular flexibility index (Phi) is 3.17. The van der Waals surface area contributed by atoms with Crippen LogP contribution in [0.5, 0.6) is 0 Å². The average Bonchev–Trinajstić information content (AvgIpc) is 2.18. The van der Waals surface area contributed by atoms with E-state index in [1.165, 1.54) is 0 Å². The van der Waals surface area contributed by atoms with E-state index >= 15 is 0 Å². The average molecular weight is 209 g/mol. The number of nitrogens with zero attached hydrogens (tertiary/aromatic N) is 1. The van der Waals surface area contributed by atoms with Crippen molar-refractivity contribution >= 4 is 12.1 Å². The largest absolute Gasteiger partial charge is 0.401 e. The van der Waals surface area contributed by atoms with Gasteiger partial charge in [0.15, 0.2) is 0 Å². The van der Waals surface area contributed by atoms with Crippen LogP contribution in [0.1, 0.15) is 33.6 Å². The van der Waals surface area contributed by atoms with Crippen molar-refractivity contribution in [1.82, 2.24) is 4.90 Å². The molecule has 0 aromatic heterocycles. The maximum Gasteiger partial charge on any atom is 0.257 e. The summed E-state index contributed by atoms with van der Waals surface area (Å²) >= 11 is 0. The van der Waals surface area contributed by atoms with E-state index in [1.807, 2.05) is 18.7 Å². The predicted octanol–water partition coefficient (Wildman–Crippen LogP) is 1.27. The van der Waals surface area contributed by atoms with Crippen LogP contribution in [0.2, 0.25) is 0 Å². The fourth-order valence-electron chi connectivity index (χ4n) is 1.67. The molecule has 0 aromatic rings. The van der Waals surface area contributed by atoms with Gasteiger partial charge in [-0.2, -0.15) is 0 Å². The van der Waals surface area contributed by atoms with E-state index in [-0.39, 0.29) is 11.4 Å². The summed E-state index contributed by atoms with van der Waals surface area (Å²) in [7, 11) is 0. The molecule has 4 heteroatoms. The zero-order chi connectivity index (χ0) is 11.6. The Bertz CT molecular complexity index is 318. The normalized spacial score (nSPS) is 18.3. The van der Waals surface area contributed by atoms with Crippen LogP contribution in [0.3, 0.4) is 0 Å². The Labute approximate surface area is 90.6 Å². The van der Waals surface area contributed by atoms with Crippen LogP contribution < -0.4 is 5.73 Å². The molecule has 0 unspecified atom stereocenters. The fourth-order valence-corrected chi connectivity index (χ4v) is 1.67. The van der Waals surface area contributed by atoms with E-state index in [0.717, 1.165) is 12.6 Å². The van der Waals surface area contributed by atoms with Crippen molar-refractivity contribution in [3.8, 4) is 0 Å². The summed E-state index contributed by atoms with van der Waals surface area (Å²) in [6.07, 6.45) is 2.62. The lowest BCUT2D eigenvalue weighted by Crippen LogP contribution is -2.51. The number of hydrogen-bond acceptors (Lipinski definition) is 3. The minimum Gasteiger partial charge on any atom is -0.401 e. The molecule has 1 heterocycles. The first-order valence-corrected chi connectivity index (χ1v) is 5.25. The van der Waals surface area contributed by atoms with Crippen molar-refractivity contribution in [2.45, 2.75) is 39.2 Å². The van der Waals surface area contributed by atoms with Gasteiger partial charge in [0, 0.05) is 30.4 Å². The number of carbonyl (C=O) groups excluding carboxylic acids is 1. The van der Waals surface area contributed by atoms with Gasteiger partial charge in [-0.15, -0.1) is 0 Å². The van der Waals surface area contributed by atoms with E-state index < -0.39 is 0 Å². The molecule has 0 saturated heterocycles. The topological polar surface area (TPSA) is 70.2 Å². The second-order valence-electron chi connectivity index (χ2n) is 4.46. The van der Waals surface area contributed by atoms with Crippen LogP contribution >= 0.6 is 0 Å². The molecule has 0 spiro atoms. The number of carbonyl (C=O) groups is 1. The Balaban J connectivity index is 3.01. The number of nitrogens with one attached hydrogen (secondary N) is 1. The minimum atomic E-state index is -0.161. The summed E-state index contributed by atoms with van der Waals surface area (Å²) in [5.74, 6) is -0.111. The van der Waals surface area contributed by atoms with E-state index in [9.17, 15) is 4.79 Å². The minimum absolute atomic E-state index is 0.111. The predicted molar refractivity (Wildman–Crippen MR) is 60.7 cm³/mol. The van der Waals surface area contributed by atoms with Gasteiger partial charge in [-0.3, -0.25) is 4.79 Å². The maximum absolute atomic E-state index is 12.0. The van der Waals surface area contributed by atoms with Gasteiger partial charge in [0.25, 0.3) is 5.91 Å². The highest BCUT2D eigenvalue weighted by molar-refractivity contribution is 6.12. The van der Waals surface area contributed by atoms with Gasteiger partial charge < -0.3 is 16.0 Å². The Morgan fingerprint density at radius 1 is 1.60 bits per heavy atom. The van der Waals surface area contributed by atoms with Crippen molar-refractivity contribution in [2.24, 2.45) is 5.73 Å². The molecular weight excluding hydrogens is 190 g/mol. The summed E-state index contributed by atoms with van der Waals surface area (Å²) in [4.78, 5) is 13.8. The molecule has 84 valence electrons. The third-order valence-electron chi connectivity index (χ3n) is 3.17. The molecule has 0 bridgehead atoms. The van der Waals surface area contributed by atoms with Crippen LogP contribution in [0.4, 0.5) is 0 Å². The van der Waals surface area contributed by atoms with Crippen LogP contribution in [0.15, 0.2) is 11.3 Å². The molecule has 0 atom stereocenters. The first kappa shape index (κ1) is 11.8. The monoisotopic (exact) mass is 209 g/mol. The number of amides is 1. The zero-order valence-corrected chi connectivity index (χ0v) is 9.63. The van der Waals surface area contributed by atoms with Crippen molar-refractivity contribution in [2.75, 3.05) is 6.54 Å². The van der Waals surface area contributed by atoms with Gasteiger partial charge in [-0.05, 0) is 20.3 Å². The number of hydrogen-bond donors (Lipinski definition) is 2. The van der Waals surface area contributed by atoms with Crippen molar-refractivity contribution < 1.29 is 4.79 Å². The summed E-state index contributed by atoms with van der Waals surface area (Å²) in [6.45, 7) is 6.78. The molecule has 1 rings (SSSR count). The molecule has 1 aliphatic heterocycles. The van der Waals surface area contributed by atoms with Crippen LogP contribution in [-0.4, -0.2) is 29.1 Å². The van der Waals surface area contributed by atoms with Gasteiger partial charge in [-0.25, -0.2) is 0 Å². The molecule has 0 radical (unpaired) electrons. The van der Waals surface area contributed by atoms with Crippen molar-refractivity contribution in [3.63, 3.8) is 0 Å². The SMILES string of the molecule is CCC(C)(C)N1CCC(N)=C(C=N)C1=O. The number of nitrogens with two attached hydrogens (primary N) is 1. The first-order valence-electron chi connectivity index (χ1n) is 5.25. The Morgan fingerprint density at radius 2 is 2.20 bits per heavy atom. The van der Waals surface area contributed by atoms with E-state index in [0.29, 0.717) is 24.2 Å². The molecule has 3 N–H and O–H groups in total. The van der Waals surface area contributed by atoms with E-state index in [4.69, 9.17) is 11.1 Å². The molecule has 15 heavy (non-hydrogen) atoms. The summed E-state index contributed by atoms with van der Waals surface area (Å²) in [5, 5.41) is 7.20. The van der Waals surface area contributed by atoms with Crippen LogP contribution in [0.25, 0.3) is 0 Å². The Morgan fingerprint density at radius 3 is 2.67 bits per heavy atom. The second-order valence-corrected chi connectivity index (χ2v) is 4.46. The van der Waals surface area contributed by atoms with Gasteiger partial charge in [0.2, 0.25) is 0 Å². The third-order valence-corrected chi connectivity index (χ3v) is 3.17.